The molecule has 2 heterocycles. The lowest BCUT2D eigenvalue weighted by atomic mass is 10.2. The van der Waals surface area contributed by atoms with E-state index in [2.05, 4.69) is 15.1 Å². The van der Waals surface area contributed by atoms with Crippen molar-refractivity contribution in [1.29, 1.82) is 0 Å². The minimum absolute atomic E-state index is 0.0353. The number of nitrogens with zero attached hydrogens (tertiary/aromatic N) is 4. The summed E-state index contributed by atoms with van der Waals surface area (Å²) in [5, 5.41) is 4.06. The highest BCUT2D eigenvalue weighted by molar-refractivity contribution is 7.85. The molecule has 0 unspecified atom stereocenters. The molecule has 1 fully saturated rings. The van der Waals surface area contributed by atoms with E-state index in [-0.39, 0.29) is 6.54 Å². The number of hydrogen-bond donors (Lipinski definition) is 0. The van der Waals surface area contributed by atoms with Gasteiger partial charge in [-0.15, -0.1) is 0 Å². The molecular formula is C13H14N4O3S. The zero-order valence-corrected chi connectivity index (χ0v) is 12.0. The molecule has 0 bridgehead atoms. The average Bonchev–Trinajstić information content (AvgIpc) is 3.30. The fourth-order valence-electron chi connectivity index (χ4n) is 1.97. The summed E-state index contributed by atoms with van der Waals surface area (Å²) in [6, 6.07) is 1.75. The van der Waals surface area contributed by atoms with Crippen molar-refractivity contribution < 1.29 is 17.7 Å². The van der Waals surface area contributed by atoms with Gasteiger partial charge in [0.15, 0.2) is 18.6 Å². The SMILES string of the molecule is O=S(=O)([O-])CC[n+]1ccc(-c2ncc(C3CC3)cn2)cn1. The second-order valence-electron chi connectivity index (χ2n) is 5.05. The van der Waals surface area contributed by atoms with Gasteiger partial charge in [0.2, 0.25) is 0 Å². The van der Waals surface area contributed by atoms with Crippen molar-refractivity contribution in [2.75, 3.05) is 5.75 Å². The van der Waals surface area contributed by atoms with Gasteiger partial charge in [-0.2, -0.15) is 0 Å². The summed E-state index contributed by atoms with van der Waals surface area (Å²) >= 11 is 0. The lowest BCUT2D eigenvalue weighted by molar-refractivity contribution is -0.750. The number of aryl methyl sites for hydroxylation is 1. The van der Waals surface area contributed by atoms with Crippen LogP contribution in [-0.4, -0.2) is 33.8 Å². The molecule has 1 aliphatic carbocycles. The summed E-state index contributed by atoms with van der Waals surface area (Å²) in [6.07, 6.45) is 9.26. The van der Waals surface area contributed by atoms with E-state index >= 15 is 0 Å². The molecule has 1 saturated carbocycles. The van der Waals surface area contributed by atoms with E-state index in [0.29, 0.717) is 11.7 Å². The van der Waals surface area contributed by atoms with Crippen molar-refractivity contribution in [3.8, 4) is 11.4 Å². The summed E-state index contributed by atoms with van der Waals surface area (Å²) in [5.41, 5.74) is 1.91. The van der Waals surface area contributed by atoms with Crippen molar-refractivity contribution in [2.45, 2.75) is 25.3 Å². The average molecular weight is 306 g/mol. The molecule has 0 atom stereocenters. The summed E-state index contributed by atoms with van der Waals surface area (Å²) < 4.78 is 33.1. The van der Waals surface area contributed by atoms with Crippen molar-refractivity contribution in [3.63, 3.8) is 0 Å². The summed E-state index contributed by atoms with van der Waals surface area (Å²) in [5.74, 6) is 0.719. The summed E-state index contributed by atoms with van der Waals surface area (Å²) in [7, 11) is -4.23. The van der Waals surface area contributed by atoms with Crippen LogP contribution in [0.5, 0.6) is 0 Å². The Hall–Kier alpha value is -1.93. The molecule has 0 saturated heterocycles. The first-order chi connectivity index (χ1) is 10.0. The first kappa shape index (κ1) is 14.0. The normalized spacial score (nSPS) is 15.1. The Morgan fingerprint density at radius 2 is 1.95 bits per heavy atom. The molecule has 110 valence electrons. The highest BCUT2D eigenvalue weighted by atomic mass is 32.2. The van der Waals surface area contributed by atoms with Gasteiger partial charge in [0, 0.05) is 24.0 Å². The smallest absolute Gasteiger partial charge is 0.197 e. The lowest BCUT2D eigenvalue weighted by Gasteiger charge is -2.03. The standard InChI is InChI=1S/C13H14N4O3S/c18-21(19,20)6-5-17-4-3-11(9-16-17)13-14-7-12(8-15-13)10-1-2-10/h3-4,7-10H,1-2,5-6H2. The quantitative estimate of drug-likeness (QED) is 0.580. The maximum absolute atomic E-state index is 10.6. The first-order valence-corrected chi connectivity index (χ1v) is 8.21. The minimum Gasteiger partial charge on any atom is -0.748 e. The Balaban J connectivity index is 1.71. The van der Waals surface area contributed by atoms with Gasteiger partial charge in [0.05, 0.1) is 5.75 Å². The van der Waals surface area contributed by atoms with E-state index in [1.54, 1.807) is 18.5 Å². The molecule has 2 aromatic heterocycles. The van der Waals surface area contributed by atoms with E-state index in [1.165, 1.54) is 23.1 Å². The Labute approximate surface area is 122 Å². The zero-order valence-electron chi connectivity index (χ0n) is 11.2. The van der Waals surface area contributed by atoms with Crippen molar-refractivity contribution in [2.24, 2.45) is 0 Å². The monoisotopic (exact) mass is 306 g/mol. The van der Waals surface area contributed by atoms with E-state index < -0.39 is 15.9 Å². The topological polar surface area (TPSA) is 99.8 Å². The van der Waals surface area contributed by atoms with E-state index in [4.69, 9.17) is 0 Å². The van der Waals surface area contributed by atoms with Gasteiger partial charge in [0.1, 0.15) is 16.3 Å². The van der Waals surface area contributed by atoms with Gasteiger partial charge in [-0.25, -0.2) is 18.4 Å². The fraction of sp³-hybridized carbons (Fsp3) is 0.385. The first-order valence-electron chi connectivity index (χ1n) is 6.63. The molecule has 0 radical (unpaired) electrons. The highest BCUT2D eigenvalue weighted by Crippen LogP contribution is 2.39. The van der Waals surface area contributed by atoms with Crippen molar-refractivity contribution in [3.05, 3.63) is 36.4 Å². The van der Waals surface area contributed by atoms with Crippen molar-refractivity contribution >= 4 is 10.1 Å². The van der Waals surface area contributed by atoms with Crippen LogP contribution < -0.4 is 4.68 Å². The largest absolute Gasteiger partial charge is 0.748 e. The van der Waals surface area contributed by atoms with Crippen LogP contribution in [0.3, 0.4) is 0 Å². The number of rotatable bonds is 5. The Kier molecular flexibility index (Phi) is 3.64. The van der Waals surface area contributed by atoms with Crippen LogP contribution in [-0.2, 0) is 16.7 Å². The third-order valence-corrected chi connectivity index (χ3v) is 4.00. The second kappa shape index (κ2) is 5.45. The maximum atomic E-state index is 10.6. The van der Waals surface area contributed by atoms with E-state index in [0.717, 1.165) is 5.56 Å². The minimum atomic E-state index is -4.23. The summed E-state index contributed by atoms with van der Waals surface area (Å²) in [4.78, 5) is 8.64. The summed E-state index contributed by atoms with van der Waals surface area (Å²) in [6.45, 7) is 0.0353. The maximum Gasteiger partial charge on any atom is 0.197 e. The van der Waals surface area contributed by atoms with Crippen LogP contribution >= 0.6 is 0 Å². The molecule has 0 amide bonds. The van der Waals surface area contributed by atoms with Crippen LogP contribution in [0.1, 0.15) is 24.3 Å². The van der Waals surface area contributed by atoms with Crippen LogP contribution in [0.25, 0.3) is 11.4 Å². The zero-order chi connectivity index (χ0) is 14.9. The highest BCUT2D eigenvalue weighted by Gasteiger charge is 2.24. The Morgan fingerprint density at radius 1 is 1.24 bits per heavy atom. The van der Waals surface area contributed by atoms with Gasteiger partial charge >= 0.3 is 0 Å². The molecule has 7 nitrogen and oxygen atoms in total. The lowest BCUT2D eigenvalue weighted by Crippen LogP contribution is -2.40. The number of hydrogen-bond acceptors (Lipinski definition) is 6. The van der Waals surface area contributed by atoms with Gasteiger partial charge in [0.25, 0.3) is 0 Å². The molecule has 1 aliphatic rings. The Bertz CT molecular complexity index is 725. The molecule has 3 rings (SSSR count). The second-order valence-corrected chi connectivity index (χ2v) is 6.58. The molecule has 0 aromatic carbocycles. The molecule has 21 heavy (non-hydrogen) atoms. The van der Waals surface area contributed by atoms with Crippen LogP contribution in [0.4, 0.5) is 0 Å². The molecule has 0 aliphatic heterocycles. The Morgan fingerprint density at radius 3 is 2.48 bits per heavy atom. The van der Waals surface area contributed by atoms with E-state index in [1.807, 2.05) is 12.4 Å². The fourth-order valence-corrected chi connectivity index (χ4v) is 2.38. The molecule has 0 N–H and O–H groups in total. The number of aromatic nitrogens is 4. The molecular weight excluding hydrogens is 292 g/mol. The van der Waals surface area contributed by atoms with Crippen LogP contribution in [0.15, 0.2) is 30.9 Å². The van der Waals surface area contributed by atoms with Gasteiger partial charge in [-0.3, -0.25) is 0 Å². The van der Waals surface area contributed by atoms with Gasteiger partial charge in [-0.1, -0.05) is 4.68 Å². The third kappa shape index (κ3) is 3.79. The third-order valence-electron chi connectivity index (χ3n) is 3.32. The molecule has 2 aromatic rings. The predicted octanol–water partition coefficient (Wildman–Crippen LogP) is 0.249. The molecule has 0 spiro atoms. The van der Waals surface area contributed by atoms with Gasteiger partial charge < -0.3 is 4.55 Å². The van der Waals surface area contributed by atoms with Crippen molar-refractivity contribution in [1.82, 2.24) is 15.1 Å². The molecule has 8 heteroatoms. The van der Waals surface area contributed by atoms with E-state index in [9.17, 15) is 13.0 Å². The van der Waals surface area contributed by atoms with Crippen LogP contribution in [0.2, 0.25) is 0 Å². The van der Waals surface area contributed by atoms with Gasteiger partial charge in [-0.05, 0) is 29.4 Å². The van der Waals surface area contributed by atoms with Crippen LogP contribution in [0, 0.1) is 0 Å². The predicted molar refractivity (Wildman–Crippen MR) is 72.0 cm³/mol.